The van der Waals surface area contributed by atoms with Crippen LogP contribution in [0.5, 0.6) is 0 Å². The topological polar surface area (TPSA) is 92.5 Å². The molecular formula is C16H28ClN3O3S2. The highest BCUT2D eigenvalue weighted by molar-refractivity contribution is 7.91. The first-order valence-corrected chi connectivity index (χ1v) is 10.8. The maximum atomic E-state index is 12.8. The molecule has 1 aliphatic heterocycles. The van der Waals surface area contributed by atoms with Crippen molar-refractivity contribution in [3.63, 3.8) is 0 Å². The van der Waals surface area contributed by atoms with Crippen LogP contribution in [0.4, 0.5) is 0 Å². The zero-order chi connectivity index (χ0) is 17.8. The smallest absolute Gasteiger partial charge is 0.250 e. The summed E-state index contributed by atoms with van der Waals surface area (Å²) in [4.78, 5) is 14.6. The van der Waals surface area contributed by atoms with E-state index in [1.807, 2.05) is 18.7 Å². The number of hydrogen-bond donors (Lipinski definition) is 2. The Kier molecular flexibility index (Phi) is 8.34. The lowest BCUT2D eigenvalue weighted by Crippen LogP contribution is -2.52. The Morgan fingerprint density at radius 1 is 1.36 bits per heavy atom. The molecule has 144 valence electrons. The first kappa shape index (κ1) is 22.4. The monoisotopic (exact) mass is 409 g/mol. The molecule has 0 spiro atoms. The predicted octanol–water partition coefficient (Wildman–Crippen LogP) is 2.20. The van der Waals surface area contributed by atoms with Crippen LogP contribution in [0.1, 0.15) is 39.5 Å². The number of likely N-dealkylation sites (tertiary alicyclic amines) is 1. The molecule has 1 saturated heterocycles. The summed E-state index contributed by atoms with van der Waals surface area (Å²) >= 11 is 1.21. The summed E-state index contributed by atoms with van der Waals surface area (Å²) in [5, 5.41) is 1.75. The Balaban J connectivity index is 0.00000312. The molecular weight excluding hydrogens is 382 g/mol. The molecule has 3 N–H and O–H groups in total. The van der Waals surface area contributed by atoms with Crippen molar-refractivity contribution in [3.05, 3.63) is 17.5 Å². The van der Waals surface area contributed by atoms with Gasteiger partial charge < -0.3 is 10.6 Å². The molecule has 25 heavy (non-hydrogen) atoms. The van der Waals surface area contributed by atoms with Crippen LogP contribution >= 0.6 is 23.7 Å². The van der Waals surface area contributed by atoms with Gasteiger partial charge >= 0.3 is 0 Å². The molecule has 0 aromatic carbocycles. The zero-order valence-corrected chi connectivity index (χ0v) is 17.2. The van der Waals surface area contributed by atoms with E-state index in [0.29, 0.717) is 36.7 Å². The number of hydrogen-bond acceptors (Lipinski definition) is 5. The van der Waals surface area contributed by atoms with Gasteiger partial charge in [0.05, 0.1) is 5.41 Å². The third-order valence-corrected chi connectivity index (χ3v) is 7.98. The van der Waals surface area contributed by atoms with E-state index in [9.17, 15) is 13.2 Å². The van der Waals surface area contributed by atoms with Crippen molar-refractivity contribution in [2.24, 2.45) is 11.1 Å². The highest BCUT2D eigenvalue weighted by atomic mass is 35.5. The lowest BCUT2D eigenvalue weighted by atomic mass is 9.80. The largest absolute Gasteiger partial charge is 0.342 e. The lowest BCUT2D eigenvalue weighted by Gasteiger charge is -2.39. The molecule has 0 radical (unpaired) electrons. The van der Waals surface area contributed by atoms with Crippen LogP contribution < -0.4 is 10.5 Å². The number of carbonyl (C=O) groups excluding carboxylic acids is 1. The Bertz CT molecular complexity index is 629. The van der Waals surface area contributed by atoms with Gasteiger partial charge in [0.1, 0.15) is 4.21 Å². The van der Waals surface area contributed by atoms with Crippen LogP contribution in [0, 0.1) is 5.41 Å². The fourth-order valence-corrected chi connectivity index (χ4v) is 5.47. The number of thiophene rings is 1. The van der Waals surface area contributed by atoms with Crippen LogP contribution in [0.2, 0.25) is 0 Å². The van der Waals surface area contributed by atoms with Crippen LogP contribution in [0.15, 0.2) is 21.7 Å². The molecule has 6 nitrogen and oxygen atoms in total. The molecule has 1 fully saturated rings. The summed E-state index contributed by atoms with van der Waals surface area (Å²) in [6.45, 7) is 5.48. The second-order valence-corrected chi connectivity index (χ2v) is 9.20. The van der Waals surface area contributed by atoms with Crippen LogP contribution in [0.25, 0.3) is 0 Å². The average Bonchev–Trinajstić information content (AvgIpc) is 3.13. The van der Waals surface area contributed by atoms with Gasteiger partial charge in [-0.15, -0.1) is 23.7 Å². The predicted molar refractivity (Wildman–Crippen MR) is 104 cm³/mol. The van der Waals surface area contributed by atoms with Crippen LogP contribution in [-0.4, -0.2) is 44.9 Å². The Morgan fingerprint density at radius 3 is 2.40 bits per heavy atom. The molecule has 1 amide bonds. The third-order valence-electron chi connectivity index (χ3n) is 5.06. The van der Waals surface area contributed by atoms with Crippen molar-refractivity contribution in [2.45, 2.75) is 49.8 Å². The van der Waals surface area contributed by atoms with Gasteiger partial charge in [-0.3, -0.25) is 4.79 Å². The number of nitrogens with zero attached hydrogens (tertiary/aromatic N) is 1. The molecule has 2 rings (SSSR count). The lowest BCUT2D eigenvalue weighted by molar-refractivity contribution is -0.143. The summed E-state index contributed by atoms with van der Waals surface area (Å²) < 4.78 is 27.6. The fourth-order valence-electron chi connectivity index (χ4n) is 3.16. The second kappa shape index (κ2) is 9.32. The van der Waals surface area contributed by atoms with Crippen LogP contribution in [-0.2, 0) is 14.8 Å². The van der Waals surface area contributed by atoms with E-state index in [-0.39, 0.29) is 24.4 Å². The molecule has 0 bridgehead atoms. The number of carbonyl (C=O) groups is 1. The molecule has 9 heteroatoms. The molecule has 0 aliphatic carbocycles. The highest BCUT2D eigenvalue weighted by Crippen LogP contribution is 2.29. The minimum Gasteiger partial charge on any atom is -0.342 e. The van der Waals surface area contributed by atoms with Gasteiger partial charge in [-0.25, -0.2) is 13.1 Å². The van der Waals surface area contributed by atoms with Crippen molar-refractivity contribution in [3.8, 4) is 0 Å². The molecule has 2 heterocycles. The summed E-state index contributed by atoms with van der Waals surface area (Å²) in [5.41, 5.74) is 5.38. The molecule has 0 unspecified atom stereocenters. The van der Waals surface area contributed by atoms with E-state index >= 15 is 0 Å². The van der Waals surface area contributed by atoms with Crippen molar-refractivity contribution in [2.75, 3.05) is 19.6 Å². The minimum atomic E-state index is -3.45. The van der Waals surface area contributed by atoms with E-state index in [2.05, 4.69) is 4.72 Å². The molecule has 1 aromatic rings. The Morgan fingerprint density at radius 2 is 1.96 bits per heavy atom. The normalized spacial score (nSPS) is 16.5. The van der Waals surface area contributed by atoms with E-state index < -0.39 is 15.4 Å². The summed E-state index contributed by atoms with van der Waals surface area (Å²) in [6.07, 6.45) is 2.71. The van der Waals surface area contributed by atoms with Crippen molar-refractivity contribution in [1.82, 2.24) is 9.62 Å². The molecule has 0 atom stereocenters. The summed E-state index contributed by atoms with van der Waals surface area (Å²) in [6, 6.07) is 3.20. The molecule has 1 aromatic heterocycles. The van der Waals surface area contributed by atoms with Crippen molar-refractivity contribution in [1.29, 1.82) is 0 Å². The number of nitrogens with one attached hydrogen (secondary N) is 1. The fraction of sp³-hybridized carbons (Fsp3) is 0.688. The third kappa shape index (κ3) is 4.95. The molecule has 1 aliphatic rings. The van der Waals surface area contributed by atoms with Gasteiger partial charge in [0.25, 0.3) is 0 Å². The summed E-state index contributed by atoms with van der Waals surface area (Å²) in [5.74, 6) is 0.106. The van der Waals surface area contributed by atoms with Gasteiger partial charge in [-0.1, -0.05) is 19.9 Å². The van der Waals surface area contributed by atoms with Gasteiger partial charge in [-0.2, -0.15) is 0 Å². The standard InChI is InChI=1S/C16H27N3O3S2.ClH/c1-3-16(4-2,12-17)15(20)19-9-7-13(8-10-19)18-24(21,22)14-6-5-11-23-14;/h5-6,11,13,18H,3-4,7-10,12,17H2,1-2H3;1H. The number of sulfonamides is 1. The SMILES string of the molecule is CCC(CC)(CN)C(=O)N1CCC(NS(=O)(=O)c2cccs2)CC1.Cl. The first-order valence-electron chi connectivity index (χ1n) is 8.44. The van der Waals surface area contributed by atoms with E-state index in [1.165, 1.54) is 11.3 Å². The number of amides is 1. The van der Waals surface area contributed by atoms with E-state index in [0.717, 1.165) is 12.8 Å². The van der Waals surface area contributed by atoms with Gasteiger partial charge in [0.2, 0.25) is 15.9 Å². The Hall–Kier alpha value is -0.670. The summed E-state index contributed by atoms with van der Waals surface area (Å²) in [7, 11) is -3.45. The quantitative estimate of drug-likeness (QED) is 0.721. The maximum absolute atomic E-state index is 12.8. The Labute approximate surface area is 160 Å². The second-order valence-electron chi connectivity index (χ2n) is 6.31. The van der Waals surface area contributed by atoms with Crippen molar-refractivity contribution < 1.29 is 13.2 Å². The molecule has 0 saturated carbocycles. The minimum absolute atomic E-state index is 0. The first-order chi connectivity index (χ1) is 11.4. The van der Waals surface area contributed by atoms with E-state index in [1.54, 1.807) is 17.5 Å². The van der Waals surface area contributed by atoms with Crippen LogP contribution in [0.3, 0.4) is 0 Å². The average molecular weight is 410 g/mol. The highest BCUT2D eigenvalue weighted by Gasteiger charge is 2.38. The number of rotatable bonds is 7. The number of nitrogens with two attached hydrogens (primary N) is 1. The zero-order valence-electron chi connectivity index (χ0n) is 14.7. The number of halogens is 1. The van der Waals surface area contributed by atoms with Gasteiger partial charge in [-0.05, 0) is 37.1 Å². The van der Waals surface area contributed by atoms with E-state index in [4.69, 9.17) is 5.73 Å². The van der Waals surface area contributed by atoms with Gasteiger partial charge in [0, 0.05) is 25.7 Å². The maximum Gasteiger partial charge on any atom is 0.250 e. The van der Waals surface area contributed by atoms with Gasteiger partial charge in [0.15, 0.2) is 0 Å². The number of piperidine rings is 1. The van der Waals surface area contributed by atoms with Crippen molar-refractivity contribution >= 4 is 39.7 Å².